The molecule has 0 aromatic heterocycles. The first-order valence-electron chi connectivity index (χ1n) is 8.45. The Morgan fingerprint density at radius 1 is 1.04 bits per heavy atom. The van der Waals surface area contributed by atoms with Crippen molar-refractivity contribution in [2.75, 3.05) is 6.54 Å². The molecule has 0 saturated heterocycles. The van der Waals surface area contributed by atoms with Crippen molar-refractivity contribution in [3.05, 3.63) is 35.4 Å². The Labute approximate surface area is 139 Å². The second-order valence-corrected chi connectivity index (χ2v) is 7.79. The van der Waals surface area contributed by atoms with Crippen molar-refractivity contribution >= 4 is 7.60 Å². The largest absolute Gasteiger partial charge is 0.380 e. The summed E-state index contributed by atoms with van der Waals surface area (Å²) in [5.74, 6) is -1.58. The minimum absolute atomic E-state index is 0.0418. The van der Waals surface area contributed by atoms with E-state index in [1.54, 1.807) is 0 Å². The van der Waals surface area contributed by atoms with E-state index in [1.165, 1.54) is 37.7 Å². The van der Waals surface area contributed by atoms with Gasteiger partial charge in [0.1, 0.15) is 0 Å². The van der Waals surface area contributed by atoms with E-state index in [0.29, 0.717) is 13.1 Å². The standard InChI is InChI=1S/C17H30NO4P/c1-2-3-4-5-6-7-15-8-10-16(11-9-15)14-18-13-12-17(19)23(20,21)22/h8-11,17-19H,2-7,12-14H2,1H3,(H2,20,21,22). The van der Waals surface area contributed by atoms with E-state index in [-0.39, 0.29) is 6.42 Å². The zero-order valence-corrected chi connectivity index (χ0v) is 14.8. The van der Waals surface area contributed by atoms with E-state index in [2.05, 4.69) is 36.5 Å². The van der Waals surface area contributed by atoms with Crippen LogP contribution in [-0.2, 0) is 17.5 Å². The molecule has 0 aliphatic carbocycles. The number of hydrogen-bond donors (Lipinski definition) is 4. The average Bonchev–Trinajstić information content (AvgIpc) is 2.51. The molecule has 1 aromatic rings. The highest BCUT2D eigenvalue weighted by Gasteiger charge is 2.25. The lowest BCUT2D eigenvalue weighted by Gasteiger charge is -2.12. The van der Waals surface area contributed by atoms with Gasteiger partial charge < -0.3 is 20.2 Å². The molecule has 4 N–H and O–H groups in total. The fraction of sp³-hybridized carbons (Fsp3) is 0.647. The van der Waals surface area contributed by atoms with Gasteiger partial charge in [0.2, 0.25) is 0 Å². The second-order valence-electron chi connectivity index (χ2n) is 6.02. The number of unbranched alkanes of at least 4 members (excludes halogenated alkanes) is 4. The normalized spacial score (nSPS) is 13.2. The third-order valence-corrected chi connectivity index (χ3v) is 4.92. The molecular weight excluding hydrogens is 313 g/mol. The van der Waals surface area contributed by atoms with Crippen LogP contribution in [0.2, 0.25) is 0 Å². The highest BCUT2D eigenvalue weighted by atomic mass is 31.2. The monoisotopic (exact) mass is 343 g/mol. The molecule has 0 radical (unpaired) electrons. The first-order valence-corrected chi connectivity index (χ1v) is 10.1. The van der Waals surface area contributed by atoms with E-state index < -0.39 is 13.4 Å². The van der Waals surface area contributed by atoms with Gasteiger partial charge in [-0.1, -0.05) is 56.9 Å². The summed E-state index contributed by atoms with van der Waals surface area (Å²) in [6.45, 7) is 3.22. The SMILES string of the molecule is CCCCCCCc1ccc(CNCCC(O)P(=O)(O)O)cc1. The van der Waals surface area contributed by atoms with Crippen molar-refractivity contribution in [2.45, 2.75) is 64.3 Å². The summed E-state index contributed by atoms with van der Waals surface area (Å²) in [6.07, 6.45) is 7.59. The minimum Gasteiger partial charge on any atom is -0.380 e. The zero-order chi connectivity index (χ0) is 17.1. The van der Waals surface area contributed by atoms with Gasteiger partial charge in [0.25, 0.3) is 0 Å². The average molecular weight is 343 g/mol. The fourth-order valence-electron chi connectivity index (χ4n) is 2.39. The smallest absolute Gasteiger partial charge is 0.353 e. The summed E-state index contributed by atoms with van der Waals surface area (Å²) in [6, 6.07) is 8.43. The number of benzene rings is 1. The van der Waals surface area contributed by atoms with Crippen LogP contribution in [0.25, 0.3) is 0 Å². The Morgan fingerprint density at radius 3 is 2.26 bits per heavy atom. The van der Waals surface area contributed by atoms with E-state index in [9.17, 15) is 9.67 Å². The number of rotatable bonds is 12. The van der Waals surface area contributed by atoms with Crippen molar-refractivity contribution in [1.82, 2.24) is 5.32 Å². The molecule has 1 unspecified atom stereocenters. The van der Waals surface area contributed by atoms with Crippen LogP contribution < -0.4 is 5.32 Å². The molecule has 132 valence electrons. The Morgan fingerprint density at radius 2 is 1.65 bits per heavy atom. The van der Waals surface area contributed by atoms with Crippen molar-refractivity contribution < 1.29 is 19.5 Å². The molecule has 0 heterocycles. The van der Waals surface area contributed by atoms with Crippen molar-refractivity contribution in [3.63, 3.8) is 0 Å². The molecule has 23 heavy (non-hydrogen) atoms. The van der Waals surface area contributed by atoms with Crippen LogP contribution in [0.15, 0.2) is 24.3 Å². The molecule has 0 spiro atoms. The van der Waals surface area contributed by atoms with E-state index in [1.807, 2.05) is 0 Å². The first-order chi connectivity index (χ1) is 10.9. The van der Waals surface area contributed by atoms with Crippen LogP contribution >= 0.6 is 7.60 Å². The molecule has 0 bridgehead atoms. The van der Waals surface area contributed by atoms with Gasteiger partial charge in [0.15, 0.2) is 5.85 Å². The molecule has 0 amide bonds. The minimum atomic E-state index is -4.38. The third kappa shape index (κ3) is 9.23. The first kappa shape index (κ1) is 20.3. The van der Waals surface area contributed by atoms with Crippen molar-refractivity contribution in [2.24, 2.45) is 0 Å². The van der Waals surface area contributed by atoms with Gasteiger partial charge in [-0.2, -0.15) is 0 Å². The lowest BCUT2D eigenvalue weighted by Crippen LogP contribution is -2.20. The molecule has 1 rings (SSSR count). The van der Waals surface area contributed by atoms with E-state index in [0.717, 1.165) is 12.0 Å². The summed E-state index contributed by atoms with van der Waals surface area (Å²) in [5.41, 5.74) is 2.48. The lowest BCUT2D eigenvalue weighted by molar-refractivity contribution is 0.193. The molecule has 0 aliphatic rings. The van der Waals surface area contributed by atoms with Crippen molar-refractivity contribution in [1.29, 1.82) is 0 Å². The Hall–Kier alpha value is -0.710. The highest BCUT2D eigenvalue weighted by Crippen LogP contribution is 2.40. The number of aliphatic hydroxyl groups excluding tert-OH is 1. The second kappa shape index (κ2) is 11.0. The quantitative estimate of drug-likeness (QED) is 0.346. The predicted octanol–water partition coefficient (Wildman–Crippen LogP) is 3.18. The summed E-state index contributed by atoms with van der Waals surface area (Å²) in [4.78, 5) is 17.6. The summed E-state index contributed by atoms with van der Waals surface area (Å²) in [7, 11) is -4.38. The van der Waals surface area contributed by atoms with Gasteiger partial charge in [0.05, 0.1) is 0 Å². The Bertz CT molecular complexity index is 472. The molecule has 1 aromatic carbocycles. The molecule has 0 fully saturated rings. The fourth-order valence-corrected chi connectivity index (χ4v) is 2.85. The zero-order valence-electron chi connectivity index (χ0n) is 13.9. The van der Waals surface area contributed by atoms with Crippen LogP contribution in [0.4, 0.5) is 0 Å². The predicted molar refractivity (Wildman–Crippen MR) is 93.3 cm³/mol. The Balaban J connectivity index is 2.20. The van der Waals surface area contributed by atoms with Crippen LogP contribution in [0.3, 0.4) is 0 Å². The van der Waals surface area contributed by atoms with Gasteiger partial charge >= 0.3 is 7.60 Å². The van der Waals surface area contributed by atoms with Crippen LogP contribution in [0, 0.1) is 0 Å². The molecule has 0 saturated carbocycles. The van der Waals surface area contributed by atoms with Crippen LogP contribution in [0.1, 0.15) is 56.6 Å². The topological polar surface area (TPSA) is 89.8 Å². The van der Waals surface area contributed by atoms with Gasteiger partial charge in [-0.25, -0.2) is 0 Å². The molecule has 5 nitrogen and oxygen atoms in total. The Kier molecular flexibility index (Phi) is 9.68. The number of hydrogen-bond acceptors (Lipinski definition) is 3. The molecule has 1 atom stereocenters. The maximum atomic E-state index is 10.8. The third-order valence-electron chi connectivity index (χ3n) is 3.89. The summed E-state index contributed by atoms with van der Waals surface area (Å²) >= 11 is 0. The number of aliphatic hydroxyl groups is 1. The van der Waals surface area contributed by atoms with Crippen molar-refractivity contribution in [3.8, 4) is 0 Å². The summed E-state index contributed by atoms with van der Waals surface area (Å²) < 4.78 is 10.8. The summed E-state index contributed by atoms with van der Waals surface area (Å²) in [5, 5.41) is 12.3. The van der Waals surface area contributed by atoms with Gasteiger partial charge in [0, 0.05) is 6.54 Å². The highest BCUT2D eigenvalue weighted by molar-refractivity contribution is 7.52. The maximum absolute atomic E-state index is 10.8. The van der Waals surface area contributed by atoms with E-state index >= 15 is 0 Å². The van der Waals surface area contributed by atoms with Gasteiger partial charge in [-0.15, -0.1) is 0 Å². The molecule has 0 aliphatic heterocycles. The maximum Gasteiger partial charge on any atom is 0.353 e. The number of nitrogens with one attached hydrogen (secondary N) is 1. The molecule has 6 heteroatoms. The van der Waals surface area contributed by atoms with E-state index in [4.69, 9.17) is 9.79 Å². The number of aryl methyl sites for hydroxylation is 1. The van der Waals surface area contributed by atoms with Gasteiger partial charge in [-0.3, -0.25) is 4.57 Å². The molecular formula is C17H30NO4P. The van der Waals surface area contributed by atoms with Crippen LogP contribution in [-0.4, -0.2) is 27.3 Å². The van der Waals surface area contributed by atoms with Gasteiger partial charge in [-0.05, 0) is 36.9 Å². The lowest BCUT2D eigenvalue weighted by atomic mass is 10.0. The van der Waals surface area contributed by atoms with Crippen LogP contribution in [0.5, 0.6) is 0 Å².